The number of ether oxygens (including phenoxy) is 10. The van der Waals surface area contributed by atoms with E-state index in [1.165, 1.54) is 0 Å². The van der Waals surface area contributed by atoms with E-state index in [0.717, 1.165) is 70.6 Å². The van der Waals surface area contributed by atoms with E-state index in [9.17, 15) is 4.79 Å². The molecule has 1 unspecified atom stereocenters. The van der Waals surface area contributed by atoms with Crippen molar-refractivity contribution in [2.45, 2.75) is 78.4 Å². The lowest BCUT2D eigenvalue weighted by Gasteiger charge is -2.25. The lowest BCUT2D eigenvalue weighted by Crippen LogP contribution is -2.24. The first-order valence-corrected chi connectivity index (χ1v) is 20.7. The highest BCUT2D eigenvalue weighted by Gasteiger charge is 2.27. The van der Waals surface area contributed by atoms with Gasteiger partial charge in [0, 0.05) is 37.2 Å². The molecule has 1 fully saturated rings. The van der Waals surface area contributed by atoms with E-state index in [0.29, 0.717) is 104 Å². The first-order valence-electron chi connectivity index (χ1n) is 20.7. The van der Waals surface area contributed by atoms with Crippen molar-refractivity contribution in [3.63, 3.8) is 0 Å². The minimum absolute atomic E-state index is 0.0520. The van der Waals surface area contributed by atoms with Crippen LogP contribution < -0.4 is 4.74 Å². The molecule has 1 aromatic carbocycles. The third-order valence-electron chi connectivity index (χ3n) is 9.60. The third-order valence-corrected chi connectivity index (χ3v) is 9.60. The van der Waals surface area contributed by atoms with Crippen molar-refractivity contribution in [2.24, 2.45) is 0 Å². The van der Waals surface area contributed by atoms with Crippen LogP contribution in [0.5, 0.6) is 5.75 Å². The predicted molar refractivity (Wildman–Crippen MR) is 220 cm³/mol. The molecule has 0 N–H and O–H groups in total. The largest absolute Gasteiger partial charge is 0.491 e. The van der Waals surface area contributed by atoms with Gasteiger partial charge < -0.3 is 56.5 Å². The molecule has 1 aliphatic heterocycles. The smallest absolute Gasteiger partial charge is 0.308 e. The Hall–Kier alpha value is -3.74. The maximum Gasteiger partial charge on any atom is 0.308 e. The highest BCUT2D eigenvalue weighted by Crippen LogP contribution is 2.41. The average molecular weight is 829 g/mol. The average Bonchev–Trinajstić information content (AvgIpc) is 3.77. The molecule has 0 bridgehead atoms. The molecule has 0 spiro atoms. The maximum atomic E-state index is 11.7. The van der Waals surface area contributed by atoms with Crippen LogP contribution in [0.3, 0.4) is 0 Å². The topological polar surface area (TPSA) is 166 Å². The summed E-state index contributed by atoms with van der Waals surface area (Å²) in [5.41, 5.74) is 4.72. The lowest BCUT2D eigenvalue weighted by molar-refractivity contribution is -0.156. The number of esters is 1. The number of pyridine rings is 1. The molecule has 16 heteroatoms. The minimum Gasteiger partial charge on any atom is -0.491 e. The van der Waals surface area contributed by atoms with E-state index in [4.69, 9.17) is 61.9 Å². The Balaban J connectivity index is 1.02. The molecule has 0 saturated carbocycles. The number of hydrogen-bond donors (Lipinski definition) is 0. The monoisotopic (exact) mass is 828 g/mol. The number of hydrogen-bond acceptors (Lipinski definition) is 15. The summed E-state index contributed by atoms with van der Waals surface area (Å²) in [7, 11) is 1.73. The molecule has 0 radical (unpaired) electrons. The minimum atomic E-state index is -0.486. The molecule has 1 aliphatic rings. The lowest BCUT2D eigenvalue weighted by atomic mass is 9.99. The van der Waals surface area contributed by atoms with Gasteiger partial charge in [-0.1, -0.05) is 5.16 Å². The number of nitrogens with zero attached hydrogens (tertiary/aromatic N) is 4. The molecule has 1 atom stereocenters. The van der Waals surface area contributed by atoms with Crippen molar-refractivity contribution in [3.8, 4) is 16.9 Å². The number of aryl methyl sites for hydroxylation is 2. The van der Waals surface area contributed by atoms with Crippen molar-refractivity contribution < 1.29 is 56.7 Å². The van der Waals surface area contributed by atoms with Gasteiger partial charge in [0.05, 0.1) is 127 Å². The highest BCUT2D eigenvalue weighted by molar-refractivity contribution is 6.05. The molecular formula is C43H64N4O12. The van der Waals surface area contributed by atoms with Gasteiger partial charge in [0.1, 0.15) is 35.1 Å². The number of carbonyl (C=O) groups excluding carboxylic acids is 1. The molecule has 1 saturated heterocycles. The van der Waals surface area contributed by atoms with Crippen LogP contribution in [0.15, 0.2) is 22.9 Å². The number of carbonyl (C=O) groups is 1. The van der Waals surface area contributed by atoms with Crippen molar-refractivity contribution in [1.82, 2.24) is 19.7 Å². The van der Waals surface area contributed by atoms with Gasteiger partial charge in [-0.05, 0) is 66.5 Å². The third kappa shape index (κ3) is 14.2. The van der Waals surface area contributed by atoms with Crippen molar-refractivity contribution >= 4 is 27.9 Å². The highest BCUT2D eigenvalue weighted by atomic mass is 16.6. The van der Waals surface area contributed by atoms with Crippen LogP contribution in [0.25, 0.3) is 33.1 Å². The normalized spacial score (nSPS) is 14.4. The fourth-order valence-electron chi connectivity index (χ4n) is 6.97. The molecular weight excluding hydrogens is 764 g/mol. The number of imidazole rings is 1. The molecule has 3 aromatic heterocycles. The van der Waals surface area contributed by atoms with Gasteiger partial charge in [-0.15, -0.1) is 0 Å². The van der Waals surface area contributed by atoms with Crippen molar-refractivity contribution in [1.29, 1.82) is 0 Å². The van der Waals surface area contributed by atoms with Crippen LogP contribution in [0.2, 0.25) is 0 Å². The molecule has 16 nitrogen and oxygen atoms in total. The van der Waals surface area contributed by atoms with Gasteiger partial charge in [0.2, 0.25) is 0 Å². The molecule has 4 aromatic rings. The standard InChI is InChI=1S/C43H64N4O12/c1-30(29-49-7)47-41-34-27-38(35(40-31(2)46-59-32(40)3)26-36(34)44-28-37(41)45-42(47)33-8-11-50-12-9-33)57-25-24-56-23-22-55-21-20-54-19-18-53-17-16-52-15-14-51-13-10-39(48)58-43(4,5)6/h26-28,30,33H,8-25,29H2,1-7H3. The molecule has 0 aliphatic carbocycles. The number of aromatic nitrogens is 4. The Labute approximate surface area is 347 Å². The summed E-state index contributed by atoms with van der Waals surface area (Å²) in [5.74, 6) is 2.46. The van der Waals surface area contributed by atoms with Crippen LogP contribution in [0.4, 0.5) is 0 Å². The zero-order chi connectivity index (χ0) is 42.0. The van der Waals surface area contributed by atoms with Crippen LogP contribution in [0, 0.1) is 13.8 Å². The van der Waals surface area contributed by atoms with E-state index in [1.54, 1.807) is 7.11 Å². The van der Waals surface area contributed by atoms with E-state index < -0.39 is 5.60 Å². The SMILES string of the molecule is COCC(C)n1c(C2CCOCC2)nc2cnc3cc(-c4c(C)noc4C)c(OCCOCCOCCOCCOCCOCCOCCC(=O)OC(C)(C)C)cc3c21. The van der Waals surface area contributed by atoms with Crippen LogP contribution in [-0.4, -0.2) is 144 Å². The second kappa shape index (κ2) is 23.9. The molecule has 5 rings (SSSR count). The predicted octanol–water partition coefficient (Wildman–Crippen LogP) is 6.17. The second-order valence-electron chi connectivity index (χ2n) is 15.4. The summed E-state index contributed by atoms with van der Waals surface area (Å²) >= 11 is 0. The van der Waals surface area contributed by atoms with E-state index >= 15 is 0 Å². The van der Waals surface area contributed by atoms with Crippen molar-refractivity contribution in [3.05, 3.63) is 35.6 Å². The number of fused-ring (bicyclic) bond motifs is 3. The fourth-order valence-corrected chi connectivity index (χ4v) is 6.97. The Kier molecular flexibility index (Phi) is 18.8. The summed E-state index contributed by atoms with van der Waals surface area (Å²) in [6.45, 7) is 19.0. The first-order chi connectivity index (χ1) is 28.6. The Morgan fingerprint density at radius 3 is 1.95 bits per heavy atom. The maximum absolute atomic E-state index is 11.7. The van der Waals surface area contributed by atoms with E-state index in [1.807, 2.05) is 40.8 Å². The van der Waals surface area contributed by atoms with E-state index in [-0.39, 0.29) is 24.3 Å². The van der Waals surface area contributed by atoms with Crippen LogP contribution in [0.1, 0.15) is 76.2 Å². The summed E-state index contributed by atoms with van der Waals surface area (Å²) < 4.78 is 64.4. The molecule has 59 heavy (non-hydrogen) atoms. The second-order valence-corrected chi connectivity index (χ2v) is 15.4. The summed E-state index contributed by atoms with van der Waals surface area (Å²) in [4.78, 5) is 21.7. The number of benzene rings is 1. The van der Waals surface area contributed by atoms with Gasteiger partial charge in [0.15, 0.2) is 0 Å². The van der Waals surface area contributed by atoms with Gasteiger partial charge >= 0.3 is 5.97 Å². The summed E-state index contributed by atoms with van der Waals surface area (Å²) in [5, 5.41) is 5.16. The zero-order valence-electron chi connectivity index (χ0n) is 36.0. The number of rotatable bonds is 27. The van der Waals surface area contributed by atoms with Crippen LogP contribution >= 0.6 is 0 Å². The van der Waals surface area contributed by atoms with Gasteiger partial charge in [-0.2, -0.15) is 0 Å². The number of methoxy groups -OCH3 is 1. The van der Waals surface area contributed by atoms with Crippen molar-refractivity contribution in [2.75, 3.05) is 113 Å². The first kappa shape index (κ1) is 46.3. The molecule has 0 amide bonds. The van der Waals surface area contributed by atoms with Gasteiger partial charge in [-0.3, -0.25) is 9.78 Å². The molecule has 4 heterocycles. The van der Waals surface area contributed by atoms with Gasteiger partial charge in [0.25, 0.3) is 0 Å². The Morgan fingerprint density at radius 1 is 0.831 bits per heavy atom. The Bertz CT molecular complexity index is 1850. The Morgan fingerprint density at radius 2 is 1.41 bits per heavy atom. The summed E-state index contributed by atoms with van der Waals surface area (Å²) in [6.07, 6.45) is 3.93. The molecule has 328 valence electrons. The fraction of sp³-hybridized carbons (Fsp3) is 0.674. The van der Waals surface area contributed by atoms with Gasteiger partial charge in [-0.25, -0.2) is 4.98 Å². The quantitative estimate of drug-likeness (QED) is 0.0495. The van der Waals surface area contributed by atoms with Crippen LogP contribution in [-0.2, 0) is 47.4 Å². The summed E-state index contributed by atoms with van der Waals surface area (Å²) in [6, 6.07) is 4.17. The van der Waals surface area contributed by atoms with E-state index in [2.05, 4.69) is 28.8 Å². The zero-order valence-corrected chi connectivity index (χ0v) is 36.0.